The zero-order chi connectivity index (χ0) is 11.8. The first-order valence-electron chi connectivity index (χ1n) is 6.49. The van der Waals surface area contributed by atoms with Crippen molar-refractivity contribution < 1.29 is 0 Å². The zero-order valence-electron chi connectivity index (χ0n) is 10.1. The summed E-state index contributed by atoms with van der Waals surface area (Å²) >= 11 is 0. The molecule has 0 spiro atoms. The Morgan fingerprint density at radius 1 is 1.12 bits per heavy atom. The molecule has 4 N–H and O–H groups in total. The summed E-state index contributed by atoms with van der Waals surface area (Å²) in [5, 5.41) is 0. The minimum Gasteiger partial charge on any atom is -0.396 e. The largest absolute Gasteiger partial charge is 0.396 e. The summed E-state index contributed by atoms with van der Waals surface area (Å²) in [6, 6.07) is 3.86. The van der Waals surface area contributed by atoms with Crippen molar-refractivity contribution in [2.45, 2.75) is 25.7 Å². The SMILES string of the molecule is Nc1ccc(N2CC3CCCC(C3)C2)nc1N. The van der Waals surface area contributed by atoms with Crippen LogP contribution in [0.15, 0.2) is 12.1 Å². The number of rotatable bonds is 1. The molecule has 0 aromatic carbocycles. The number of hydrogen-bond donors (Lipinski definition) is 2. The second-order valence-corrected chi connectivity index (χ2v) is 5.45. The van der Waals surface area contributed by atoms with Gasteiger partial charge in [-0.3, -0.25) is 0 Å². The lowest BCUT2D eigenvalue weighted by Crippen LogP contribution is -2.43. The Kier molecular flexibility index (Phi) is 2.57. The molecule has 1 saturated heterocycles. The van der Waals surface area contributed by atoms with Gasteiger partial charge in [0.1, 0.15) is 11.6 Å². The number of pyridine rings is 1. The summed E-state index contributed by atoms with van der Waals surface area (Å²) < 4.78 is 0. The molecule has 3 rings (SSSR count). The van der Waals surface area contributed by atoms with Gasteiger partial charge in [-0.25, -0.2) is 4.98 Å². The van der Waals surface area contributed by atoms with E-state index in [1.54, 1.807) is 0 Å². The van der Waals surface area contributed by atoms with Crippen LogP contribution in [0, 0.1) is 11.8 Å². The molecule has 17 heavy (non-hydrogen) atoms. The summed E-state index contributed by atoms with van der Waals surface area (Å²) in [5.41, 5.74) is 12.1. The summed E-state index contributed by atoms with van der Waals surface area (Å²) in [7, 11) is 0. The van der Waals surface area contributed by atoms with Crippen LogP contribution in [0.5, 0.6) is 0 Å². The second kappa shape index (κ2) is 4.09. The van der Waals surface area contributed by atoms with Crippen LogP contribution in [-0.2, 0) is 0 Å². The van der Waals surface area contributed by atoms with E-state index in [0.717, 1.165) is 30.7 Å². The quantitative estimate of drug-likeness (QED) is 0.775. The van der Waals surface area contributed by atoms with Crippen molar-refractivity contribution in [3.8, 4) is 0 Å². The third-order valence-corrected chi connectivity index (χ3v) is 4.12. The second-order valence-electron chi connectivity index (χ2n) is 5.45. The van der Waals surface area contributed by atoms with E-state index in [9.17, 15) is 0 Å². The van der Waals surface area contributed by atoms with E-state index >= 15 is 0 Å². The first-order valence-corrected chi connectivity index (χ1v) is 6.49. The highest BCUT2D eigenvalue weighted by Gasteiger charge is 2.30. The minimum atomic E-state index is 0.457. The summed E-state index contributed by atoms with van der Waals surface area (Å²) in [6.45, 7) is 2.26. The van der Waals surface area contributed by atoms with Crippen LogP contribution < -0.4 is 16.4 Å². The molecule has 2 bridgehead atoms. The van der Waals surface area contributed by atoms with Crippen LogP contribution in [0.25, 0.3) is 0 Å². The number of piperidine rings is 1. The maximum absolute atomic E-state index is 5.78. The molecule has 1 aromatic heterocycles. The fourth-order valence-electron chi connectivity index (χ4n) is 3.27. The average Bonchev–Trinajstić information content (AvgIpc) is 2.32. The molecular weight excluding hydrogens is 212 g/mol. The molecule has 4 nitrogen and oxygen atoms in total. The lowest BCUT2D eigenvalue weighted by molar-refractivity contribution is 0.230. The Labute approximate surface area is 102 Å². The summed E-state index contributed by atoms with van der Waals surface area (Å²) in [4.78, 5) is 6.79. The van der Waals surface area contributed by atoms with Crippen molar-refractivity contribution in [3.05, 3.63) is 12.1 Å². The zero-order valence-corrected chi connectivity index (χ0v) is 10.1. The number of nitrogen functional groups attached to an aromatic ring is 2. The van der Waals surface area contributed by atoms with Crippen molar-refractivity contribution in [1.82, 2.24) is 4.98 Å². The van der Waals surface area contributed by atoms with Crippen molar-refractivity contribution >= 4 is 17.3 Å². The lowest BCUT2D eigenvalue weighted by atomic mass is 9.78. The van der Waals surface area contributed by atoms with E-state index in [0.29, 0.717) is 11.5 Å². The maximum Gasteiger partial charge on any atom is 0.149 e. The van der Waals surface area contributed by atoms with Crippen LogP contribution in [0.3, 0.4) is 0 Å². The smallest absolute Gasteiger partial charge is 0.149 e. The van der Waals surface area contributed by atoms with Crippen molar-refractivity contribution in [2.75, 3.05) is 29.5 Å². The third kappa shape index (κ3) is 2.04. The van der Waals surface area contributed by atoms with Gasteiger partial charge in [-0.2, -0.15) is 0 Å². The molecule has 2 atom stereocenters. The minimum absolute atomic E-state index is 0.457. The highest BCUT2D eigenvalue weighted by Crippen LogP contribution is 2.36. The van der Waals surface area contributed by atoms with Gasteiger partial charge in [-0.1, -0.05) is 6.42 Å². The molecule has 0 amide bonds. The van der Waals surface area contributed by atoms with Gasteiger partial charge in [-0.05, 0) is 43.2 Å². The van der Waals surface area contributed by atoms with E-state index in [4.69, 9.17) is 11.5 Å². The van der Waals surface area contributed by atoms with Crippen molar-refractivity contribution in [3.63, 3.8) is 0 Å². The first kappa shape index (κ1) is 10.7. The van der Waals surface area contributed by atoms with Gasteiger partial charge >= 0.3 is 0 Å². The molecule has 92 valence electrons. The lowest BCUT2D eigenvalue weighted by Gasteiger charge is -2.42. The van der Waals surface area contributed by atoms with Crippen LogP contribution in [0.4, 0.5) is 17.3 Å². The molecule has 1 aliphatic carbocycles. The Balaban J connectivity index is 1.81. The Hall–Kier alpha value is -1.45. The first-order chi connectivity index (χ1) is 8.22. The molecular formula is C13H20N4. The van der Waals surface area contributed by atoms with Gasteiger partial charge < -0.3 is 16.4 Å². The molecule has 1 saturated carbocycles. The van der Waals surface area contributed by atoms with E-state index in [1.165, 1.54) is 25.7 Å². The third-order valence-electron chi connectivity index (χ3n) is 4.12. The van der Waals surface area contributed by atoms with E-state index in [2.05, 4.69) is 9.88 Å². The van der Waals surface area contributed by atoms with Crippen molar-refractivity contribution in [1.29, 1.82) is 0 Å². The number of nitrogens with two attached hydrogens (primary N) is 2. The molecule has 2 unspecified atom stereocenters. The molecule has 4 heteroatoms. The number of aromatic nitrogens is 1. The fraction of sp³-hybridized carbons (Fsp3) is 0.615. The molecule has 0 radical (unpaired) electrons. The Bertz CT molecular complexity index is 406. The van der Waals surface area contributed by atoms with Gasteiger partial charge in [0.2, 0.25) is 0 Å². The van der Waals surface area contributed by atoms with Gasteiger partial charge in [0, 0.05) is 13.1 Å². The van der Waals surface area contributed by atoms with Gasteiger partial charge in [0.25, 0.3) is 0 Å². The van der Waals surface area contributed by atoms with E-state index in [1.807, 2.05) is 12.1 Å². The predicted octanol–water partition coefficient (Wildman–Crippen LogP) is 1.87. The Morgan fingerprint density at radius 2 is 1.82 bits per heavy atom. The number of hydrogen-bond acceptors (Lipinski definition) is 4. The number of fused-ring (bicyclic) bond motifs is 2. The van der Waals surface area contributed by atoms with Crippen LogP contribution in [0.1, 0.15) is 25.7 Å². The fourth-order valence-corrected chi connectivity index (χ4v) is 3.27. The number of anilines is 3. The topological polar surface area (TPSA) is 68.2 Å². The predicted molar refractivity (Wildman–Crippen MR) is 70.7 cm³/mol. The van der Waals surface area contributed by atoms with Crippen LogP contribution in [0.2, 0.25) is 0 Å². The highest BCUT2D eigenvalue weighted by atomic mass is 15.2. The molecule has 1 aliphatic heterocycles. The van der Waals surface area contributed by atoms with Crippen molar-refractivity contribution in [2.24, 2.45) is 11.8 Å². The van der Waals surface area contributed by atoms with Crippen LogP contribution in [-0.4, -0.2) is 18.1 Å². The molecule has 2 fully saturated rings. The summed E-state index contributed by atoms with van der Waals surface area (Å²) in [6.07, 6.45) is 5.55. The van der Waals surface area contributed by atoms with Gasteiger partial charge in [0.05, 0.1) is 5.69 Å². The number of nitrogens with zero attached hydrogens (tertiary/aromatic N) is 2. The van der Waals surface area contributed by atoms with E-state index < -0.39 is 0 Å². The molecule has 2 aliphatic rings. The maximum atomic E-state index is 5.78. The monoisotopic (exact) mass is 232 g/mol. The molecule has 2 heterocycles. The standard InChI is InChI=1S/C13H20N4/c14-11-4-5-12(16-13(11)15)17-7-9-2-1-3-10(6-9)8-17/h4-5,9-10H,1-3,6-8,14H2,(H2,15,16). The summed E-state index contributed by atoms with van der Waals surface area (Å²) in [5.74, 6) is 3.15. The van der Waals surface area contributed by atoms with E-state index in [-0.39, 0.29) is 0 Å². The highest BCUT2D eigenvalue weighted by molar-refractivity contribution is 5.62. The normalized spacial score (nSPS) is 28.1. The van der Waals surface area contributed by atoms with Gasteiger partial charge in [-0.15, -0.1) is 0 Å². The average molecular weight is 232 g/mol. The van der Waals surface area contributed by atoms with Gasteiger partial charge in [0.15, 0.2) is 0 Å². The molecule has 1 aromatic rings. The Morgan fingerprint density at radius 3 is 2.47 bits per heavy atom. The van der Waals surface area contributed by atoms with Crippen LogP contribution >= 0.6 is 0 Å².